The van der Waals surface area contributed by atoms with Crippen molar-refractivity contribution >= 4 is 15.0 Å². The molecule has 3 N–H and O–H groups in total. The van der Waals surface area contributed by atoms with Crippen molar-refractivity contribution in [3.05, 3.63) is 12.4 Å². The van der Waals surface area contributed by atoms with Gasteiger partial charge in [0, 0.05) is 25.6 Å². The summed E-state index contributed by atoms with van der Waals surface area (Å²) < 4.78 is 28.4. The Hall–Kier alpha value is -0.680. The van der Waals surface area contributed by atoms with Crippen LogP contribution < -0.4 is 14.7 Å². The van der Waals surface area contributed by atoms with Crippen LogP contribution in [-0.4, -0.2) is 66.8 Å². The van der Waals surface area contributed by atoms with Crippen molar-refractivity contribution in [1.82, 2.24) is 15.0 Å². The van der Waals surface area contributed by atoms with Crippen molar-refractivity contribution in [3.8, 4) is 0 Å². The molecule has 2 unspecified atom stereocenters. The predicted octanol–water partition coefficient (Wildman–Crippen LogP) is -4.23. The SMILES string of the molecule is O=P([O-])([O-])CP(=O)([O-])CC(O)[C@H]1O[C@@H](n2ccnn2)[C@H](O)[C@@H]1O. The maximum Gasteiger partial charge on any atom is 0.180 e. The van der Waals surface area contributed by atoms with Gasteiger partial charge < -0.3 is 43.9 Å². The van der Waals surface area contributed by atoms with Crippen LogP contribution in [0.15, 0.2) is 12.4 Å². The summed E-state index contributed by atoms with van der Waals surface area (Å²) >= 11 is 0. The van der Waals surface area contributed by atoms with Crippen molar-refractivity contribution in [3.63, 3.8) is 0 Å². The van der Waals surface area contributed by atoms with Crippen LogP contribution in [0.4, 0.5) is 0 Å². The summed E-state index contributed by atoms with van der Waals surface area (Å²) in [7, 11) is -10.1. The van der Waals surface area contributed by atoms with E-state index in [1.165, 1.54) is 12.4 Å². The molecule has 6 atom stereocenters. The third-order valence-electron chi connectivity index (χ3n) is 3.21. The molecule has 0 spiro atoms. The molecule has 0 bridgehead atoms. The van der Waals surface area contributed by atoms with Gasteiger partial charge in [-0.15, -0.1) is 5.10 Å². The standard InChI is InChI=1S/C9H17N3O9P2/c13-5(3-22(16,17)4-23(18,19)20)8-6(14)7(15)9(21-8)12-2-1-10-11-12/h1-2,5-9,13-15H,3-4H2,(H,16,17)(H2,18,19,20)/p-3/t5?,6-,7+,8+,9+/m0/s1. The van der Waals surface area contributed by atoms with Crippen molar-refractivity contribution in [2.75, 3.05) is 12.1 Å². The number of nitrogens with zero attached hydrogens (tertiary/aromatic N) is 3. The lowest BCUT2D eigenvalue weighted by molar-refractivity contribution is -0.312. The Morgan fingerprint density at radius 2 is 1.91 bits per heavy atom. The number of aromatic nitrogens is 3. The van der Waals surface area contributed by atoms with E-state index >= 15 is 0 Å². The van der Waals surface area contributed by atoms with Crippen LogP contribution in [0.1, 0.15) is 6.23 Å². The fourth-order valence-corrected chi connectivity index (χ4v) is 5.64. The highest BCUT2D eigenvalue weighted by Crippen LogP contribution is 2.48. The van der Waals surface area contributed by atoms with Crippen molar-refractivity contribution < 1.29 is 43.9 Å². The number of ether oxygens (including phenoxy) is 1. The molecular weight excluding hydrogens is 356 g/mol. The zero-order valence-corrected chi connectivity index (χ0v) is 13.3. The summed E-state index contributed by atoms with van der Waals surface area (Å²) in [4.78, 5) is 32.7. The fraction of sp³-hybridized carbons (Fsp3) is 0.778. The monoisotopic (exact) mass is 370 g/mol. The van der Waals surface area contributed by atoms with Gasteiger partial charge in [0.2, 0.25) is 0 Å². The molecule has 1 aliphatic rings. The minimum Gasteiger partial charge on any atom is -0.810 e. The lowest BCUT2D eigenvalue weighted by Gasteiger charge is -2.38. The minimum atomic E-state index is -5.32. The van der Waals surface area contributed by atoms with Crippen LogP contribution in [0.5, 0.6) is 0 Å². The second-order valence-corrected chi connectivity index (χ2v) is 9.52. The molecule has 132 valence electrons. The second-order valence-electron chi connectivity index (χ2n) is 5.17. The Morgan fingerprint density at radius 3 is 2.43 bits per heavy atom. The Kier molecular flexibility index (Phi) is 5.41. The highest BCUT2D eigenvalue weighted by molar-refractivity contribution is 7.70. The normalized spacial score (nSPS) is 32.6. The smallest absolute Gasteiger partial charge is 0.180 e. The van der Waals surface area contributed by atoms with Crippen LogP contribution in [0.25, 0.3) is 0 Å². The zero-order valence-electron chi connectivity index (χ0n) is 11.5. The van der Waals surface area contributed by atoms with Gasteiger partial charge in [0.15, 0.2) is 6.23 Å². The molecule has 2 heterocycles. The first kappa shape index (κ1) is 18.7. The Morgan fingerprint density at radius 1 is 1.26 bits per heavy atom. The fourth-order valence-electron chi connectivity index (χ4n) is 2.29. The van der Waals surface area contributed by atoms with Gasteiger partial charge in [0.25, 0.3) is 0 Å². The van der Waals surface area contributed by atoms with Crippen LogP contribution in [0.2, 0.25) is 0 Å². The van der Waals surface area contributed by atoms with Gasteiger partial charge in [-0.25, -0.2) is 4.68 Å². The maximum absolute atomic E-state index is 11.6. The largest absolute Gasteiger partial charge is 0.810 e. The molecule has 0 aromatic carbocycles. The Balaban J connectivity index is 2.06. The topological polar surface area (TPSA) is 204 Å². The average molecular weight is 370 g/mol. The Bertz CT molecular complexity index is 620. The van der Waals surface area contributed by atoms with E-state index in [1.807, 2.05) is 0 Å². The first-order valence-corrected chi connectivity index (χ1v) is 10.1. The van der Waals surface area contributed by atoms with Crippen LogP contribution in [0.3, 0.4) is 0 Å². The molecular formula is C9H14N3O9P2-3. The highest BCUT2D eigenvalue weighted by atomic mass is 31.2. The van der Waals surface area contributed by atoms with Gasteiger partial charge in [-0.1, -0.05) is 12.8 Å². The summed E-state index contributed by atoms with van der Waals surface area (Å²) in [5.41, 5.74) is 0. The van der Waals surface area contributed by atoms with E-state index in [-0.39, 0.29) is 0 Å². The number of aliphatic hydroxyl groups is 3. The van der Waals surface area contributed by atoms with E-state index in [2.05, 4.69) is 10.3 Å². The number of hydrogen-bond donors (Lipinski definition) is 3. The molecule has 0 aliphatic carbocycles. The van der Waals surface area contributed by atoms with Gasteiger partial charge in [0.1, 0.15) is 18.3 Å². The van der Waals surface area contributed by atoms with E-state index in [1.54, 1.807) is 0 Å². The molecule has 0 saturated carbocycles. The lowest BCUT2D eigenvalue weighted by atomic mass is 10.1. The minimum absolute atomic E-state index is 1.06. The molecule has 1 aliphatic heterocycles. The lowest BCUT2D eigenvalue weighted by Crippen LogP contribution is -2.41. The zero-order chi connectivity index (χ0) is 17.4. The van der Waals surface area contributed by atoms with E-state index in [0.717, 1.165) is 4.68 Å². The average Bonchev–Trinajstić information content (AvgIpc) is 2.96. The van der Waals surface area contributed by atoms with E-state index in [4.69, 9.17) is 4.74 Å². The first-order valence-electron chi connectivity index (χ1n) is 6.36. The van der Waals surface area contributed by atoms with Gasteiger partial charge in [-0.05, 0) is 0 Å². The summed E-state index contributed by atoms with van der Waals surface area (Å²) in [6, 6.07) is 0. The van der Waals surface area contributed by atoms with Crippen molar-refractivity contribution in [2.45, 2.75) is 30.6 Å². The number of aliphatic hydroxyl groups excluding tert-OH is 3. The molecule has 14 heteroatoms. The van der Waals surface area contributed by atoms with Crippen LogP contribution in [0, 0.1) is 0 Å². The van der Waals surface area contributed by atoms with E-state index in [0.29, 0.717) is 0 Å². The van der Waals surface area contributed by atoms with Crippen LogP contribution in [-0.2, 0) is 13.9 Å². The maximum atomic E-state index is 11.6. The van der Waals surface area contributed by atoms with Crippen molar-refractivity contribution in [1.29, 1.82) is 0 Å². The quantitative estimate of drug-likeness (QED) is 0.409. The molecule has 1 fully saturated rings. The van der Waals surface area contributed by atoms with Gasteiger partial charge in [-0.3, -0.25) is 0 Å². The summed E-state index contributed by atoms with van der Waals surface area (Å²) in [6.45, 7) is 0. The molecule has 1 aromatic rings. The van der Waals surface area contributed by atoms with E-state index in [9.17, 15) is 39.1 Å². The van der Waals surface area contributed by atoms with Crippen molar-refractivity contribution in [2.24, 2.45) is 0 Å². The summed E-state index contributed by atoms with van der Waals surface area (Å²) in [5.74, 6) is -1.63. The third kappa shape index (κ3) is 4.66. The third-order valence-corrected chi connectivity index (χ3v) is 7.25. The van der Waals surface area contributed by atoms with E-state index < -0.39 is 57.7 Å². The second kappa shape index (κ2) is 6.67. The molecule has 0 radical (unpaired) electrons. The van der Waals surface area contributed by atoms with Gasteiger partial charge >= 0.3 is 0 Å². The molecule has 1 aromatic heterocycles. The highest BCUT2D eigenvalue weighted by Gasteiger charge is 2.47. The summed E-state index contributed by atoms with van der Waals surface area (Å²) in [6.07, 6.45) is -6.24. The first-order chi connectivity index (χ1) is 10.5. The molecule has 12 nitrogen and oxygen atoms in total. The number of rotatable bonds is 6. The number of hydrogen-bond acceptors (Lipinski definition) is 11. The molecule has 2 rings (SSSR count). The van der Waals surface area contributed by atoms with Crippen LogP contribution >= 0.6 is 15.0 Å². The predicted molar refractivity (Wildman–Crippen MR) is 66.9 cm³/mol. The van der Waals surface area contributed by atoms with Gasteiger partial charge in [0.05, 0.1) is 12.3 Å². The molecule has 0 amide bonds. The van der Waals surface area contributed by atoms with Gasteiger partial charge in [-0.2, -0.15) is 0 Å². The summed E-state index contributed by atoms with van der Waals surface area (Å²) in [5, 5.41) is 36.6. The molecule has 23 heavy (non-hydrogen) atoms. The molecule has 1 saturated heterocycles. The Labute approximate surface area is 129 Å².